The van der Waals surface area contributed by atoms with Gasteiger partial charge in [-0.25, -0.2) is 4.98 Å². The average Bonchev–Trinajstić information content (AvgIpc) is 3.40. The molecular formula is C19H12Cl2N4O2. The van der Waals surface area contributed by atoms with E-state index in [0.29, 0.717) is 16.7 Å². The number of nitrogens with zero attached hydrogens (tertiary/aromatic N) is 3. The lowest BCUT2D eigenvalue weighted by atomic mass is 10.1. The molecule has 4 rings (SSSR count). The number of fused-ring (bicyclic) bond motifs is 1. The van der Waals surface area contributed by atoms with Gasteiger partial charge in [0.25, 0.3) is 5.91 Å². The minimum absolute atomic E-state index is 0.0436. The summed E-state index contributed by atoms with van der Waals surface area (Å²) in [7, 11) is 0. The third kappa shape index (κ3) is 3.16. The molecule has 1 aliphatic carbocycles. The molecule has 1 saturated carbocycles. The van der Waals surface area contributed by atoms with Crippen LogP contribution in [0.1, 0.15) is 28.8 Å². The lowest BCUT2D eigenvalue weighted by Gasteiger charge is -2.10. The van der Waals surface area contributed by atoms with Gasteiger partial charge in [-0.2, -0.15) is 5.26 Å². The molecule has 1 N–H and O–H groups in total. The van der Waals surface area contributed by atoms with Crippen LogP contribution in [0.15, 0.2) is 36.7 Å². The standard InChI is InChI=1S/C19H12Cl2N4O2/c20-13-7-10(9-22)8-14(21)16(13)19(27)25-6-4-12-15(25)3-5-23-17(12)24-18(26)11-1-2-11/h3-8,11H,1-2H2,(H,23,24,26). The SMILES string of the molecule is N#Cc1cc(Cl)c(C(=O)n2ccc3c(NC(=O)C4CC4)nccc32)c(Cl)c1. The average molecular weight is 399 g/mol. The number of amides is 1. The number of hydrogen-bond acceptors (Lipinski definition) is 4. The van der Waals surface area contributed by atoms with Crippen molar-refractivity contribution in [2.24, 2.45) is 5.92 Å². The maximum absolute atomic E-state index is 13.0. The largest absolute Gasteiger partial charge is 0.310 e. The number of nitrogens with one attached hydrogen (secondary N) is 1. The van der Waals surface area contributed by atoms with E-state index in [2.05, 4.69) is 10.3 Å². The van der Waals surface area contributed by atoms with Crippen LogP contribution in [0.25, 0.3) is 10.9 Å². The zero-order chi connectivity index (χ0) is 19.1. The Bertz CT molecular complexity index is 1120. The summed E-state index contributed by atoms with van der Waals surface area (Å²) in [5.41, 5.74) is 0.945. The summed E-state index contributed by atoms with van der Waals surface area (Å²) in [5, 5.41) is 12.6. The van der Waals surface area contributed by atoms with E-state index < -0.39 is 5.91 Å². The minimum atomic E-state index is -0.435. The van der Waals surface area contributed by atoms with Gasteiger partial charge < -0.3 is 5.32 Å². The fraction of sp³-hybridized carbons (Fsp3) is 0.158. The number of rotatable bonds is 3. The van der Waals surface area contributed by atoms with Gasteiger partial charge in [0, 0.05) is 23.7 Å². The lowest BCUT2D eigenvalue weighted by molar-refractivity contribution is -0.117. The summed E-state index contributed by atoms with van der Waals surface area (Å²) in [6.45, 7) is 0. The van der Waals surface area contributed by atoms with E-state index in [-0.39, 0.29) is 33.0 Å². The first-order valence-corrected chi connectivity index (χ1v) is 8.96. The molecule has 1 fully saturated rings. The molecule has 8 heteroatoms. The molecule has 1 aliphatic rings. The van der Waals surface area contributed by atoms with Crippen molar-refractivity contribution in [3.8, 4) is 6.07 Å². The van der Waals surface area contributed by atoms with Gasteiger partial charge in [-0.05, 0) is 37.1 Å². The van der Waals surface area contributed by atoms with Crippen molar-refractivity contribution in [3.05, 3.63) is 57.8 Å². The minimum Gasteiger partial charge on any atom is -0.310 e. The summed E-state index contributed by atoms with van der Waals surface area (Å²) in [5.74, 6) is -0.0441. The number of hydrogen-bond donors (Lipinski definition) is 1. The van der Waals surface area contributed by atoms with Gasteiger partial charge >= 0.3 is 0 Å². The summed E-state index contributed by atoms with van der Waals surface area (Å²) in [4.78, 5) is 29.3. The van der Waals surface area contributed by atoms with Gasteiger partial charge in [-0.1, -0.05) is 23.2 Å². The topological polar surface area (TPSA) is 87.8 Å². The molecule has 0 atom stereocenters. The van der Waals surface area contributed by atoms with Gasteiger partial charge in [0.05, 0.1) is 32.8 Å². The number of pyridine rings is 1. The van der Waals surface area contributed by atoms with Gasteiger partial charge in [0.1, 0.15) is 5.82 Å². The molecule has 1 aromatic carbocycles. The quantitative estimate of drug-likeness (QED) is 0.713. The Balaban J connectivity index is 1.76. The Labute approximate surface area is 164 Å². The van der Waals surface area contributed by atoms with Crippen molar-refractivity contribution >= 4 is 51.7 Å². The summed E-state index contributed by atoms with van der Waals surface area (Å²) < 4.78 is 1.39. The number of aromatic nitrogens is 2. The fourth-order valence-electron chi connectivity index (χ4n) is 2.87. The Morgan fingerprint density at radius 3 is 2.56 bits per heavy atom. The van der Waals surface area contributed by atoms with E-state index in [1.807, 2.05) is 6.07 Å². The Kier molecular flexibility index (Phi) is 4.34. The number of anilines is 1. The van der Waals surface area contributed by atoms with E-state index in [1.54, 1.807) is 18.3 Å². The maximum atomic E-state index is 13.0. The molecule has 3 aromatic rings. The Morgan fingerprint density at radius 2 is 1.93 bits per heavy atom. The van der Waals surface area contributed by atoms with Crippen LogP contribution >= 0.6 is 23.2 Å². The molecule has 0 aliphatic heterocycles. The molecule has 1 amide bonds. The molecule has 0 bridgehead atoms. The summed E-state index contributed by atoms with van der Waals surface area (Å²) in [6, 6.07) is 8.11. The van der Waals surface area contributed by atoms with Crippen molar-refractivity contribution in [1.82, 2.24) is 9.55 Å². The maximum Gasteiger partial charge on any atom is 0.265 e. The first kappa shape index (κ1) is 17.5. The van der Waals surface area contributed by atoms with Crippen molar-refractivity contribution in [2.45, 2.75) is 12.8 Å². The Hall–Kier alpha value is -2.88. The lowest BCUT2D eigenvalue weighted by Crippen LogP contribution is -2.15. The monoisotopic (exact) mass is 398 g/mol. The van der Waals surface area contributed by atoms with E-state index >= 15 is 0 Å². The van der Waals surface area contributed by atoms with E-state index in [1.165, 1.54) is 22.9 Å². The number of benzene rings is 1. The van der Waals surface area contributed by atoms with Crippen molar-refractivity contribution < 1.29 is 9.59 Å². The molecule has 2 heterocycles. The van der Waals surface area contributed by atoms with Crippen LogP contribution in [-0.4, -0.2) is 21.4 Å². The zero-order valence-electron chi connectivity index (χ0n) is 13.9. The molecule has 2 aromatic heterocycles. The normalized spacial score (nSPS) is 13.4. The van der Waals surface area contributed by atoms with Crippen molar-refractivity contribution in [2.75, 3.05) is 5.32 Å². The van der Waals surface area contributed by atoms with Crippen LogP contribution < -0.4 is 5.32 Å². The second-order valence-corrected chi connectivity index (χ2v) is 7.09. The molecule has 0 radical (unpaired) electrons. The highest BCUT2D eigenvalue weighted by Crippen LogP contribution is 2.32. The number of carbonyl (C=O) groups excluding carboxylic acids is 2. The predicted octanol–water partition coefficient (Wildman–Crippen LogP) is 4.25. The van der Waals surface area contributed by atoms with Crippen LogP contribution in [-0.2, 0) is 4.79 Å². The second-order valence-electron chi connectivity index (χ2n) is 6.27. The highest BCUT2D eigenvalue weighted by molar-refractivity contribution is 6.40. The molecule has 27 heavy (non-hydrogen) atoms. The first-order chi connectivity index (χ1) is 13.0. The summed E-state index contributed by atoms with van der Waals surface area (Å²) in [6.07, 6.45) is 4.87. The van der Waals surface area contributed by atoms with Gasteiger partial charge in [-0.3, -0.25) is 14.2 Å². The van der Waals surface area contributed by atoms with Gasteiger partial charge in [0.2, 0.25) is 5.91 Å². The highest BCUT2D eigenvalue weighted by Gasteiger charge is 2.30. The van der Waals surface area contributed by atoms with E-state index in [4.69, 9.17) is 28.5 Å². The predicted molar refractivity (Wildman–Crippen MR) is 102 cm³/mol. The van der Waals surface area contributed by atoms with Crippen LogP contribution in [0.4, 0.5) is 5.82 Å². The second kappa shape index (κ2) is 6.69. The van der Waals surface area contributed by atoms with Crippen LogP contribution in [0.2, 0.25) is 10.0 Å². The smallest absolute Gasteiger partial charge is 0.265 e. The van der Waals surface area contributed by atoms with E-state index in [9.17, 15) is 9.59 Å². The van der Waals surface area contributed by atoms with Crippen LogP contribution in [0.5, 0.6) is 0 Å². The molecule has 0 saturated heterocycles. The zero-order valence-corrected chi connectivity index (χ0v) is 15.4. The highest BCUT2D eigenvalue weighted by atomic mass is 35.5. The first-order valence-electron chi connectivity index (χ1n) is 8.20. The van der Waals surface area contributed by atoms with Gasteiger partial charge in [0.15, 0.2) is 0 Å². The number of nitriles is 1. The van der Waals surface area contributed by atoms with Crippen molar-refractivity contribution in [1.29, 1.82) is 5.26 Å². The molecule has 0 spiro atoms. The van der Waals surface area contributed by atoms with Crippen molar-refractivity contribution in [3.63, 3.8) is 0 Å². The number of carbonyl (C=O) groups is 2. The van der Waals surface area contributed by atoms with Crippen LogP contribution in [0.3, 0.4) is 0 Å². The molecular weight excluding hydrogens is 387 g/mol. The Morgan fingerprint density at radius 1 is 1.22 bits per heavy atom. The number of halogens is 2. The third-order valence-electron chi connectivity index (χ3n) is 4.41. The third-order valence-corrected chi connectivity index (χ3v) is 5.01. The molecule has 134 valence electrons. The van der Waals surface area contributed by atoms with Gasteiger partial charge in [-0.15, -0.1) is 0 Å². The van der Waals surface area contributed by atoms with E-state index in [0.717, 1.165) is 12.8 Å². The molecule has 6 nitrogen and oxygen atoms in total. The molecule has 0 unspecified atom stereocenters. The summed E-state index contributed by atoms with van der Waals surface area (Å²) >= 11 is 12.4. The fourth-order valence-corrected chi connectivity index (χ4v) is 3.52. The van der Waals surface area contributed by atoms with Crippen LogP contribution in [0, 0.1) is 17.2 Å².